The predicted molar refractivity (Wildman–Crippen MR) is 83.4 cm³/mol. The third-order valence-electron chi connectivity index (χ3n) is 3.22. The number of amides is 1. The van der Waals surface area contributed by atoms with Crippen molar-refractivity contribution in [2.75, 3.05) is 0 Å². The first-order chi connectivity index (χ1) is 9.11. The van der Waals surface area contributed by atoms with Gasteiger partial charge >= 0.3 is 0 Å². The highest BCUT2D eigenvalue weighted by atomic mass is 32.1. The van der Waals surface area contributed by atoms with Gasteiger partial charge in [0, 0.05) is 6.42 Å². The van der Waals surface area contributed by atoms with Crippen molar-refractivity contribution in [2.24, 2.45) is 0 Å². The standard InChI is InChI=1S/C15H29NO2S/c1-3-5-6-7-8-9-10-12-14(17)16-13(11-4-2)15(18)19/h13H,3-12H2,1-2H3,(H,16,17)(H,18,19). The highest BCUT2D eigenvalue weighted by Gasteiger charge is 2.16. The van der Waals surface area contributed by atoms with Crippen molar-refractivity contribution in [3.8, 4) is 0 Å². The van der Waals surface area contributed by atoms with Gasteiger partial charge in [0.25, 0.3) is 0 Å². The topological polar surface area (TPSA) is 46.2 Å². The van der Waals surface area contributed by atoms with Gasteiger partial charge in [0.2, 0.25) is 11.0 Å². The maximum absolute atomic E-state index is 11.7. The van der Waals surface area contributed by atoms with E-state index in [2.05, 4.69) is 24.9 Å². The van der Waals surface area contributed by atoms with Crippen LogP contribution in [0.3, 0.4) is 0 Å². The molecule has 1 N–H and O–H groups in total. The molecule has 0 saturated heterocycles. The number of rotatable bonds is 12. The summed E-state index contributed by atoms with van der Waals surface area (Å²) in [6, 6.07) is -0.412. The Kier molecular flexibility index (Phi) is 12.2. The summed E-state index contributed by atoms with van der Waals surface area (Å²) in [4.78, 5) is 22.9. The van der Waals surface area contributed by atoms with Crippen molar-refractivity contribution in [1.82, 2.24) is 5.32 Å². The first-order valence-electron chi connectivity index (χ1n) is 7.64. The molecule has 1 atom stereocenters. The van der Waals surface area contributed by atoms with Gasteiger partial charge in [-0.25, -0.2) is 0 Å². The lowest BCUT2D eigenvalue weighted by Gasteiger charge is -2.14. The molecule has 0 radical (unpaired) electrons. The van der Waals surface area contributed by atoms with Crippen LogP contribution >= 0.6 is 12.6 Å². The fourth-order valence-electron chi connectivity index (χ4n) is 2.06. The van der Waals surface area contributed by atoms with Crippen molar-refractivity contribution in [3.05, 3.63) is 0 Å². The molecule has 0 aliphatic rings. The summed E-state index contributed by atoms with van der Waals surface area (Å²) in [6.45, 7) is 4.20. The molecule has 1 unspecified atom stereocenters. The SMILES string of the molecule is CCCCCCCCCC(=O)NC(CCC)C(=O)S. The van der Waals surface area contributed by atoms with Gasteiger partial charge in [-0.2, -0.15) is 0 Å². The zero-order chi connectivity index (χ0) is 14.5. The summed E-state index contributed by atoms with van der Waals surface area (Å²) >= 11 is 3.81. The minimum absolute atomic E-state index is 0.0191. The summed E-state index contributed by atoms with van der Waals surface area (Å²) in [7, 11) is 0. The third-order valence-corrected chi connectivity index (χ3v) is 3.53. The van der Waals surface area contributed by atoms with E-state index in [-0.39, 0.29) is 11.0 Å². The lowest BCUT2D eigenvalue weighted by atomic mass is 10.1. The van der Waals surface area contributed by atoms with Crippen molar-refractivity contribution in [3.63, 3.8) is 0 Å². The number of hydrogen-bond donors (Lipinski definition) is 2. The molecule has 0 heterocycles. The first kappa shape index (κ1) is 18.5. The summed E-state index contributed by atoms with van der Waals surface area (Å²) < 4.78 is 0. The van der Waals surface area contributed by atoms with Crippen LogP contribution in [0.4, 0.5) is 0 Å². The Morgan fingerprint density at radius 3 is 2.05 bits per heavy atom. The highest BCUT2D eigenvalue weighted by Crippen LogP contribution is 2.09. The van der Waals surface area contributed by atoms with Gasteiger partial charge in [0.1, 0.15) is 0 Å². The molecule has 0 aliphatic carbocycles. The van der Waals surface area contributed by atoms with Gasteiger partial charge in [-0.15, -0.1) is 12.6 Å². The van der Waals surface area contributed by atoms with E-state index in [9.17, 15) is 9.59 Å². The van der Waals surface area contributed by atoms with Gasteiger partial charge in [-0.1, -0.05) is 58.8 Å². The second-order valence-corrected chi connectivity index (χ2v) is 5.56. The second-order valence-electron chi connectivity index (χ2n) is 5.12. The lowest BCUT2D eigenvalue weighted by molar-refractivity contribution is -0.124. The van der Waals surface area contributed by atoms with Crippen LogP contribution < -0.4 is 5.32 Å². The monoisotopic (exact) mass is 287 g/mol. The number of carbonyl (C=O) groups excluding carboxylic acids is 2. The van der Waals surface area contributed by atoms with E-state index < -0.39 is 6.04 Å². The molecule has 0 aromatic carbocycles. The van der Waals surface area contributed by atoms with Crippen LogP contribution in [0, 0.1) is 0 Å². The average molecular weight is 287 g/mol. The lowest BCUT2D eigenvalue weighted by Crippen LogP contribution is -2.38. The zero-order valence-electron chi connectivity index (χ0n) is 12.4. The van der Waals surface area contributed by atoms with Crippen LogP contribution in [-0.4, -0.2) is 17.1 Å². The molecule has 0 aromatic rings. The largest absolute Gasteiger partial charge is 0.345 e. The molecule has 0 saturated carbocycles. The Balaban J connectivity index is 3.60. The Morgan fingerprint density at radius 2 is 1.53 bits per heavy atom. The normalized spacial score (nSPS) is 12.2. The Labute approximate surface area is 123 Å². The van der Waals surface area contributed by atoms with Gasteiger partial charge in [0.05, 0.1) is 6.04 Å². The van der Waals surface area contributed by atoms with E-state index in [1.54, 1.807) is 0 Å². The van der Waals surface area contributed by atoms with E-state index in [1.165, 1.54) is 32.1 Å². The Hall–Kier alpha value is -0.510. The van der Waals surface area contributed by atoms with Gasteiger partial charge in [0.15, 0.2) is 0 Å². The maximum atomic E-state index is 11.7. The Morgan fingerprint density at radius 1 is 0.947 bits per heavy atom. The van der Waals surface area contributed by atoms with E-state index in [0.717, 1.165) is 19.3 Å². The van der Waals surface area contributed by atoms with Crippen molar-refractivity contribution in [2.45, 2.75) is 84.1 Å². The van der Waals surface area contributed by atoms with E-state index in [4.69, 9.17) is 0 Å². The third kappa shape index (κ3) is 11.0. The summed E-state index contributed by atoms with van der Waals surface area (Å²) in [6.07, 6.45) is 10.4. The molecule has 3 nitrogen and oxygen atoms in total. The molecule has 0 rings (SSSR count). The van der Waals surface area contributed by atoms with Crippen LogP contribution in [0.5, 0.6) is 0 Å². The molecule has 1 amide bonds. The van der Waals surface area contributed by atoms with E-state index in [0.29, 0.717) is 12.8 Å². The van der Waals surface area contributed by atoms with Crippen LogP contribution in [-0.2, 0) is 9.59 Å². The number of thiol groups is 1. The fraction of sp³-hybridized carbons (Fsp3) is 0.867. The first-order valence-corrected chi connectivity index (χ1v) is 8.08. The molecule has 0 aromatic heterocycles. The summed E-state index contributed by atoms with van der Waals surface area (Å²) in [5, 5.41) is 2.52. The van der Waals surface area contributed by atoms with Crippen molar-refractivity contribution in [1.29, 1.82) is 0 Å². The number of unbranched alkanes of at least 4 members (excludes halogenated alkanes) is 6. The molecular formula is C15H29NO2S. The molecule has 0 spiro atoms. The van der Waals surface area contributed by atoms with Crippen LogP contribution in [0.25, 0.3) is 0 Å². The Bertz CT molecular complexity index is 257. The quantitative estimate of drug-likeness (QED) is 0.423. The fourth-order valence-corrected chi connectivity index (χ4v) is 2.25. The molecule has 19 heavy (non-hydrogen) atoms. The molecule has 0 fully saturated rings. The van der Waals surface area contributed by atoms with Crippen molar-refractivity contribution >= 4 is 23.7 Å². The van der Waals surface area contributed by atoms with E-state index in [1.807, 2.05) is 6.92 Å². The summed E-state index contributed by atoms with van der Waals surface area (Å²) in [5.74, 6) is -0.0191. The van der Waals surface area contributed by atoms with Gasteiger partial charge < -0.3 is 5.32 Å². The van der Waals surface area contributed by atoms with E-state index >= 15 is 0 Å². The molecular weight excluding hydrogens is 258 g/mol. The van der Waals surface area contributed by atoms with Crippen molar-refractivity contribution < 1.29 is 9.59 Å². The predicted octanol–water partition coefficient (Wildman–Crippen LogP) is 3.87. The van der Waals surface area contributed by atoms with Gasteiger partial charge in [-0.05, 0) is 12.8 Å². The molecule has 112 valence electrons. The number of carbonyl (C=O) groups is 2. The molecule has 0 aliphatic heterocycles. The van der Waals surface area contributed by atoms with Gasteiger partial charge in [-0.3, -0.25) is 9.59 Å². The van der Waals surface area contributed by atoms with Crippen LogP contribution in [0.15, 0.2) is 0 Å². The smallest absolute Gasteiger partial charge is 0.220 e. The second kappa shape index (κ2) is 12.5. The number of nitrogens with one attached hydrogen (secondary N) is 1. The minimum atomic E-state index is -0.412. The maximum Gasteiger partial charge on any atom is 0.220 e. The zero-order valence-corrected chi connectivity index (χ0v) is 13.3. The summed E-state index contributed by atoms with van der Waals surface area (Å²) in [5.41, 5.74) is 0. The van der Waals surface area contributed by atoms with Crippen LogP contribution in [0.2, 0.25) is 0 Å². The number of hydrogen-bond acceptors (Lipinski definition) is 2. The molecule has 4 heteroatoms. The minimum Gasteiger partial charge on any atom is -0.345 e. The molecule has 0 bridgehead atoms. The average Bonchev–Trinajstić information content (AvgIpc) is 2.37. The highest BCUT2D eigenvalue weighted by molar-refractivity contribution is 7.96. The van der Waals surface area contributed by atoms with Crippen LogP contribution in [0.1, 0.15) is 78.1 Å².